The first-order valence-electron chi connectivity index (χ1n) is 10.0. The SMILES string of the molecule is COc1cc(C)c(CN2CCC([C@@H](NC(C)=O)c3ccccn3)CC2)cc1C. The third-order valence-electron chi connectivity index (χ3n) is 5.72. The predicted octanol–water partition coefficient (Wildman–Crippen LogP) is 3.80. The number of nitrogens with zero attached hydrogens (tertiary/aromatic N) is 2. The molecule has 1 aliphatic heterocycles. The molecular weight excluding hydrogens is 350 g/mol. The highest BCUT2D eigenvalue weighted by Gasteiger charge is 2.29. The standard InChI is InChI=1S/C23H31N3O2/c1-16-14-22(28-4)17(2)13-20(16)15-26-11-8-19(9-12-26)23(25-18(3)27)21-7-5-6-10-24-21/h5-7,10,13-14,19,23H,8-9,11-12,15H2,1-4H3,(H,25,27)/t23-/m1/s1. The minimum atomic E-state index is -0.00850. The number of hydrogen-bond acceptors (Lipinski definition) is 4. The van der Waals surface area contributed by atoms with E-state index in [4.69, 9.17) is 4.74 Å². The van der Waals surface area contributed by atoms with Crippen LogP contribution in [-0.2, 0) is 11.3 Å². The summed E-state index contributed by atoms with van der Waals surface area (Å²) in [5, 5.41) is 3.13. The minimum Gasteiger partial charge on any atom is -0.496 e. The molecule has 1 atom stereocenters. The Hall–Kier alpha value is -2.40. The average molecular weight is 382 g/mol. The van der Waals surface area contributed by atoms with E-state index in [0.29, 0.717) is 5.92 Å². The first kappa shape index (κ1) is 20.3. The zero-order valence-electron chi connectivity index (χ0n) is 17.4. The number of carbonyl (C=O) groups is 1. The van der Waals surface area contributed by atoms with E-state index in [1.54, 1.807) is 20.2 Å². The van der Waals surface area contributed by atoms with Gasteiger partial charge in [-0.2, -0.15) is 0 Å². The van der Waals surface area contributed by atoms with Crippen LogP contribution >= 0.6 is 0 Å². The molecule has 0 aliphatic carbocycles. The number of aryl methyl sites for hydroxylation is 2. The van der Waals surface area contributed by atoms with E-state index in [2.05, 4.69) is 41.2 Å². The molecule has 0 radical (unpaired) electrons. The van der Waals surface area contributed by atoms with Gasteiger partial charge in [0.05, 0.1) is 18.8 Å². The smallest absolute Gasteiger partial charge is 0.217 e. The van der Waals surface area contributed by atoms with Crippen LogP contribution in [0.2, 0.25) is 0 Å². The van der Waals surface area contributed by atoms with Crippen molar-refractivity contribution in [2.75, 3.05) is 20.2 Å². The van der Waals surface area contributed by atoms with Crippen LogP contribution in [0.3, 0.4) is 0 Å². The molecule has 150 valence electrons. The van der Waals surface area contributed by atoms with Crippen LogP contribution in [0.15, 0.2) is 36.5 Å². The number of pyridine rings is 1. The van der Waals surface area contributed by atoms with E-state index in [1.165, 1.54) is 16.7 Å². The van der Waals surface area contributed by atoms with Crippen LogP contribution in [0.25, 0.3) is 0 Å². The van der Waals surface area contributed by atoms with E-state index in [0.717, 1.165) is 43.9 Å². The Balaban J connectivity index is 1.65. The van der Waals surface area contributed by atoms with Crippen molar-refractivity contribution < 1.29 is 9.53 Å². The van der Waals surface area contributed by atoms with Gasteiger partial charge in [0.25, 0.3) is 0 Å². The van der Waals surface area contributed by atoms with Crippen molar-refractivity contribution in [3.05, 3.63) is 58.9 Å². The van der Waals surface area contributed by atoms with Crippen molar-refractivity contribution in [2.24, 2.45) is 5.92 Å². The summed E-state index contributed by atoms with van der Waals surface area (Å²) in [6.45, 7) is 8.84. The van der Waals surface area contributed by atoms with Gasteiger partial charge in [-0.15, -0.1) is 0 Å². The number of methoxy groups -OCH3 is 1. The average Bonchev–Trinajstić information content (AvgIpc) is 2.70. The molecule has 1 saturated heterocycles. The number of ether oxygens (including phenoxy) is 1. The van der Waals surface area contributed by atoms with Gasteiger partial charge >= 0.3 is 0 Å². The maximum atomic E-state index is 11.7. The monoisotopic (exact) mass is 381 g/mol. The van der Waals surface area contributed by atoms with Crippen molar-refractivity contribution in [3.63, 3.8) is 0 Å². The van der Waals surface area contributed by atoms with Gasteiger partial charge in [0.1, 0.15) is 5.75 Å². The molecule has 3 rings (SSSR count). The number of aromatic nitrogens is 1. The van der Waals surface area contributed by atoms with Gasteiger partial charge in [0, 0.05) is 19.7 Å². The summed E-state index contributed by atoms with van der Waals surface area (Å²) in [6.07, 6.45) is 3.90. The van der Waals surface area contributed by atoms with Crippen LogP contribution in [-0.4, -0.2) is 36.0 Å². The van der Waals surface area contributed by atoms with Crippen LogP contribution in [0.4, 0.5) is 0 Å². The highest BCUT2D eigenvalue weighted by atomic mass is 16.5. The third-order valence-corrected chi connectivity index (χ3v) is 5.72. The van der Waals surface area contributed by atoms with Crippen LogP contribution in [0.5, 0.6) is 5.75 Å². The summed E-state index contributed by atoms with van der Waals surface area (Å²) < 4.78 is 5.43. The summed E-state index contributed by atoms with van der Waals surface area (Å²) in [5.41, 5.74) is 4.77. The molecule has 5 nitrogen and oxygen atoms in total. The number of carbonyl (C=O) groups excluding carboxylic acids is 1. The van der Waals surface area contributed by atoms with Gasteiger partial charge < -0.3 is 10.1 Å². The number of hydrogen-bond donors (Lipinski definition) is 1. The summed E-state index contributed by atoms with van der Waals surface area (Å²) >= 11 is 0. The summed E-state index contributed by atoms with van der Waals surface area (Å²) in [7, 11) is 1.72. The number of rotatable bonds is 6. The largest absolute Gasteiger partial charge is 0.496 e. The molecule has 0 spiro atoms. The molecule has 5 heteroatoms. The molecule has 0 saturated carbocycles. The minimum absolute atomic E-state index is 0.00224. The maximum Gasteiger partial charge on any atom is 0.217 e. The molecule has 1 aromatic carbocycles. The molecule has 0 bridgehead atoms. The fraction of sp³-hybridized carbons (Fsp3) is 0.478. The number of likely N-dealkylation sites (tertiary alicyclic amines) is 1. The Morgan fingerprint density at radius 2 is 2.00 bits per heavy atom. The molecule has 0 unspecified atom stereocenters. The number of amides is 1. The lowest BCUT2D eigenvalue weighted by atomic mass is 9.87. The molecule has 1 amide bonds. The summed E-state index contributed by atoms with van der Waals surface area (Å²) in [4.78, 5) is 18.7. The lowest BCUT2D eigenvalue weighted by Gasteiger charge is -2.36. The summed E-state index contributed by atoms with van der Waals surface area (Å²) in [5.74, 6) is 1.37. The molecule has 1 N–H and O–H groups in total. The highest BCUT2D eigenvalue weighted by molar-refractivity contribution is 5.73. The number of benzene rings is 1. The van der Waals surface area contributed by atoms with Crippen molar-refractivity contribution in [2.45, 2.75) is 46.2 Å². The highest BCUT2D eigenvalue weighted by Crippen LogP contribution is 2.31. The Morgan fingerprint density at radius 1 is 1.25 bits per heavy atom. The molecule has 1 aromatic heterocycles. The topological polar surface area (TPSA) is 54.5 Å². The van der Waals surface area contributed by atoms with E-state index in [1.807, 2.05) is 18.2 Å². The zero-order valence-corrected chi connectivity index (χ0v) is 17.4. The van der Waals surface area contributed by atoms with Crippen molar-refractivity contribution >= 4 is 5.91 Å². The van der Waals surface area contributed by atoms with Gasteiger partial charge in [-0.3, -0.25) is 14.7 Å². The molecule has 2 aromatic rings. The zero-order chi connectivity index (χ0) is 20.1. The fourth-order valence-electron chi connectivity index (χ4n) is 4.14. The normalized spacial score (nSPS) is 16.6. The number of nitrogens with one attached hydrogen (secondary N) is 1. The van der Waals surface area contributed by atoms with E-state index >= 15 is 0 Å². The van der Waals surface area contributed by atoms with Crippen LogP contribution < -0.4 is 10.1 Å². The second-order valence-electron chi connectivity index (χ2n) is 7.79. The molecular formula is C23H31N3O2. The van der Waals surface area contributed by atoms with E-state index in [-0.39, 0.29) is 11.9 Å². The maximum absolute atomic E-state index is 11.7. The van der Waals surface area contributed by atoms with Crippen LogP contribution in [0, 0.1) is 19.8 Å². The Kier molecular flexibility index (Phi) is 6.68. The predicted molar refractivity (Wildman–Crippen MR) is 111 cm³/mol. The van der Waals surface area contributed by atoms with Gasteiger partial charge in [0.2, 0.25) is 5.91 Å². The lowest BCUT2D eigenvalue weighted by molar-refractivity contribution is -0.120. The summed E-state index contributed by atoms with van der Waals surface area (Å²) in [6, 6.07) is 10.3. The molecule has 1 fully saturated rings. The van der Waals surface area contributed by atoms with Crippen LogP contribution in [0.1, 0.15) is 48.2 Å². The van der Waals surface area contributed by atoms with Gasteiger partial charge in [-0.05, 0) is 80.6 Å². The van der Waals surface area contributed by atoms with Gasteiger partial charge in [-0.25, -0.2) is 0 Å². The first-order valence-corrected chi connectivity index (χ1v) is 10.0. The quantitative estimate of drug-likeness (QED) is 0.827. The van der Waals surface area contributed by atoms with Crippen molar-refractivity contribution in [3.8, 4) is 5.75 Å². The first-order chi connectivity index (χ1) is 13.5. The Bertz CT molecular complexity index is 799. The van der Waals surface area contributed by atoms with Crippen molar-refractivity contribution in [1.82, 2.24) is 15.2 Å². The Morgan fingerprint density at radius 3 is 2.61 bits per heavy atom. The fourth-order valence-corrected chi connectivity index (χ4v) is 4.14. The second kappa shape index (κ2) is 9.20. The van der Waals surface area contributed by atoms with E-state index in [9.17, 15) is 4.79 Å². The molecule has 2 heterocycles. The number of piperidine rings is 1. The molecule has 28 heavy (non-hydrogen) atoms. The van der Waals surface area contributed by atoms with E-state index < -0.39 is 0 Å². The lowest BCUT2D eigenvalue weighted by Crippen LogP contribution is -2.40. The third kappa shape index (κ3) is 4.90. The molecule has 1 aliphatic rings. The van der Waals surface area contributed by atoms with Gasteiger partial charge in [0.15, 0.2) is 0 Å². The Labute approximate surface area is 168 Å². The van der Waals surface area contributed by atoms with Gasteiger partial charge in [-0.1, -0.05) is 12.1 Å². The van der Waals surface area contributed by atoms with Crippen molar-refractivity contribution in [1.29, 1.82) is 0 Å². The second-order valence-corrected chi connectivity index (χ2v) is 7.79.